The Labute approximate surface area is 124 Å². The molecule has 0 radical (unpaired) electrons. The second-order valence-electron chi connectivity index (χ2n) is 4.54. The fourth-order valence-electron chi connectivity index (χ4n) is 1.24. The molecule has 0 amide bonds. The van der Waals surface area contributed by atoms with E-state index in [1.54, 1.807) is 18.2 Å². The van der Waals surface area contributed by atoms with E-state index in [2.05, 4.69) is 13.6 Å². The van der Waals surface area contributed by atoms with Gasteiger partial charge in [0.25, 0.3) is 22.5 Å². The lowest BCUT2D eigenvalue weighted by Gasteiger charge is -2.11. The normalized spacial score (nSPS) is 14.1. The molecule has 2 N–H and O–H groups in total. The van der Waals surface area contributed by atoms with Crippen LogP contribution >= 0.6 is 0 Å². The smallest absolute Gasteiger partial charge is 0.288 e. The highest BCUT2D eigenvalue weighted by Gasteiger charge is 2.08. The fourth-order valence-corrected chi connectivity index (χ4v) is 2.51. The van der Waals surface area contributed by atoms with Gasteiger partial charge in [0.05, 0.1) is 12.8 Å². The summed E-state index contributed by atoms with van der Waals surface area (Å²) < 4.78 is 38.3. The monoisotopic (exact) mass is 320 g/mol. The van der Waals surface area contributed by atoms with Gasteiger partial charge in [0.15, 0.2) is 0 Å². The summed E-state index contributed by atoms with van der Waals surface area (Å²) in [6.07, 6.45) is 0. The summed E-state index contributed by atoms with van der Waals surface area (Å²) in [4.78, 5) is 0. The molecular weight excluding hydrogens is 300 g/mol. The number of benzene rings is 1. The van der Waals surface area contributed by atoms with Crippen LogP contribution in [0.1, 0.15) is 19.4 Å². The van der Waals surface area contributed by atoms with Crippen molar-refractivity contribution in [2.24, 2.45) is 5.92 Å². The molecule has 0 aliphatic carbocycles. The van der Waals surface area contributed by atoms with Crippen LogP contribution in [0.15, 0.2) is 18.2 Å². The van der Waals surface area contributed by atoms with Gasteiger partial charge in [-0.15, -0.1) is 0 Å². The number of anilines is 1. The van der Waals surface area contributed by atoms with Crippen LogP contribution in [0.3, 0.4) is 0 Å². The molecule has 0 aliphatic heterocycles. The molecule has 0 bridgehead atoms. The van der Waals surface area contributed by atoms with Gasteiger partial charge in [-0.3, -0.25) is 8.91 Å². The third-order valence-corrected chi connectivity index (χ3v) is 3.75. The summed E-state index contributed by atoms with van der Waals surface area (Å²) in [7, 11) is 1.33. The minimum atomic E-state index is -1.61. The number of rotatable bonds is 8. The lowest BCUT2D eigenvalue weighted by atomic mass is 10.2. The molecule has 6 nitrogen and oxygen atoms in total. The third-order valence-electron chi connectivity index (χ3n) is 2.32. The maximum absolute atomic E-state index is 11.7. The number of nitrogens with one attached hydrogen (secondary N) is 2. The molecule has 2 unspecified atom stereocenters. The molecule has 8 heteroatoms. The molecule has 0 heterocycles. The zero-order chi connectivity index (χ0) is 15.1. The summed E-state index contributed by atoms with van der Waals surface area (Å²) >= 11 is -3.22. The Balaban J connectivity index is 2.71. The lowest BCUT2D eigenvalue weighted by molar-refractivity contribution is 0.449. The van der Waals surface area contributed by atoms with Gasteiger partial charge in [0.2, 0.25) is 0 Å². The van der Waals surface area contributed by atoms with Gasteiger partial charge in [-0.2, -0.15) is 4.21 Å². The van der Waals surface area contributed by atoms with E-state index in [0.717, 1.165) is 5.56 Å². The largest absolute Gasteiger partial charge is 0.389 e. The quantitative estimate of drug-likeness (QED) is 0.766. The molecule has 0 saturated carbocycles. The zero-order valence-electron chi connectivity index (χ0n) is 12.0. The molecule has 1 aromatic carbocycles. The van der Waals surface area contributed by atoms with Crippen molar-refractivity contribution in [2.45, 2.75) is 20.8 Å². The standard InChI is InChI=1S/C12H20N2O4S2/c1-9(2)8-13-19(15)18-12-7-11(6-5-10(12)3)14-20(16)17-4/h5-7,9,13-14H,8H2,1-4H3. The zero-order valence-corrected chi connectivity index (χ0v) is 13.6. The van der Waals surface area contributed by atoms with Gasteiger partial charge in [0.1, 0.15) is 5.75 Å². The summed E-state index contributed by atoms with van der Waals surface area (Å²) in [5.74, 6) is 0.832. The van der Waals surface area contributed by atoms with Crippen molar-refractivity contribution in [1.82, 2.24) is 4.72 Å². The van der Waals surface area contributed by atoms with Gasteiger partial charge < -0.3 is 4.18 Å². The van der Waals surface area contributed by atoms with Crippen LogP contribution in [0.5, 0.6) is 5.75 Å². The minimum absolute atomic E-state index is 0.376. The predicted molar refractivity (Wildman–Crippen MR) is 81.6 cm³/mol. The molecule has 2 atom stereocenters. The lowest BCUT2D eigenvalue weighted by Crippen LogP contribution is -2.25. The molecule has 1 rings (SSSR count). The molecule has 0 aromatic heterocycles. The Morgan fingerprint density at radius 2 is 1.95 bits per heavy atom. The molecule has 0 aliphatic rings. The van der Waals surface area contributed by atoms with Crippen molar-refractivity contribution < 1.29 is 16.8 Å². The van der Waals surface area contributed by atoms with E-state index in [0.29, 0.717) is 23.9 Å². The van der Waals surface area contributed by atoms with Crippen LogP contribution in [-0.2, 0) is 26.7 Å². The Kier molecular flexibility index (Phi) is 7.14. The molecular formula is C12H20N2O4S2. The van der Waals surface area contributed by atoms with Crippen LogP contribution in [0.2, 0.25) is 0 Å². The van der Waals surface area contributed by atoms with Crippen molar-refractivity contribution in [3.63, 3.8) is 0 Å². The molecule has 0 saturated heterocycles. The predicted octanol–water partition coefficient (Wildman–Crippen LogP) is 1.84. The van der Waals surface area contributed by atoms with Crippen LogP contribution in [0, 0.1) is 12.8 Å². The van der Waals surface area contributed by atoms with Gasteiger partial charge in [0, 0.05) is 12.6 Å². The third kappa shape index (κ3) is 6.00. The highest BCUT2D eigenvalue weighted by Crippen LogP contribution is 2.23. The summed E-state index contributed by atoms with van der Waals surface area (Å²) in [6, 6.07) is 5.15. The maximum atomic E-state index is 11.7. The van der Waals surface area contributed by atoms with E-state index >= 15 is 0 Å². The van der Waals surface area contributed by atoms with Gasteiger partial charge in [-0.05, 0) is 24.5 Å². The minimum Gasteiger partial charge on any atom is -0.389 e. The van der Waals surface area contributed by atoms with E-state index in [4.69, 9.17) is 4.18 Å². The van der Waals surface area contributed by atoms with E-state index in [1.807, 2.05) is 20.8 Å². The fraction of sp³-hybridized carbons (Fsp3) is 0.500. The molecule has 1 aromatic rings. The molecule has 20 heavy (non-hydrogen) atoms. The average Bonchev–Trinajstić information content (AvgIpc) is 2.40. The van der Waals surface area contributed by atoms with Gasteiger partial charge in [-0.1, -0.05) is 19.9 Å². The van der Waals surface area contributed by atoms with Crippen molar-refractivity contribution in [3.05, 3.63) is 23.8 Å². The van der Waals surface area contributed by atoms with E-state index in [1.165, 1.54) is 7.11 Å². The highest BCUT2D eigenvalue weighted by atomic mass is 32.2. The summed E-state index contributed by atoms with van der Waals surface area (Å²) in [5.41, 5.74) is 1.39. The molecule has 114 valence electrons. The average molecular weight is 320 g/mol. The molecule has 0 fully saturated rings. The topological polar surface area (TPSA) is 76.7 Å². The first-order chi connectivity index (χ1) is 9.42. The van der Waals surface area contributed by atoms with Crippen molar-refractivity contribution in [1.29, 1.82) is 0 Å². The number of hydrogen-bond acceptors (Lipinski definition) is 4. The van der Waals surface area contributed by atoms with Crippen LogP contribution in [0.25, 0.3) is 0 Å². The Morgan fingerprint density at radius 1 is 1.25 bits per heavy atom. The highest BCUT2D eigenvalue weighted by molar-refractivity contribution is 7.81. The Morgan fingerprint density at radius 3 is 2.55 bits per heavy atom. The second-order valence-corrected chi connectivity index (χ2v) is 6.48. The summed E-state index contributed by atoms with van der Waals surface area (Å²) in [5, 5.41) is 0. The van der Waals surface area contributed by atoms with Crippen molar-refractivity contribution >= 4 is 28.2 Å². The Bertz CT molecular complexity index is 494. The number of hydrogen-bond donors (Lipinski definition) is 2. The van der Waals surface area contributed by atoms with E-state index in [-0.39, 0.29) is 0 Å². The first-order valence-corrected chi connectivity index (χ1v) is 8.24. The second kappa shape index (κ2) is 8.35. The summed E-state index contributed by atoms with van der Waals surface area (Å²) in [6.45, 7) is 6.46. The van der Waals surface area contributed by atoms with Crippen molar-refractivity contribution in [2.75, 3.05) is 18.4 Å². The van der Waals surface area contributed by atoms with Crippen LogP contribution in [-0.4, -0.2) is 22.1 Å². The van der Waals surface area contributed by atoms with E-state index in [9.17, 15) is 8.42 Å². The maximum Gasteiger partial charge on any atom is 0.288 e. The SMILES string of the molecule is COS(=O)Nc1ccc(C)c(OS(=O)NCC(C)C)c1. The number of aryl methyl sites for hydroxylation is 1. The van der Waals surface area contributed by atoms with E-state index < -0.39 is 22.5 Å². The van der Waals surface area contributed by atoms with Crippen molar-refractivity contribution in [3.8, 4) is 5.75 Å². The first kappa shape index (κ1) is 17.1. The van der Waals surface area contributed by atoms with Crippen LogP contribution in [0.4, 0.5) is 5.69 Å². The first-order valence-electron chi connectivity index (χ1n) is 6.09. The molecule has 0 spiro atoms. The van der Waals surface area contributed by atoms with Gasteiger partial charge in [-0.25, -0.2) is 8.93 Å². The Hall–Kier alpha value is -0.960. The van der Waals surface area contributed by atoms with Crippen LogP contribution < -0.4 is 13.6 Å². The van der Waals surface area contributed by atoms with Gasteiger partial charge >= 0.3 is 0 Å².